The third-order valence-corrected chi connectivity index (χ3v) is 3.24. The van der Waals surface area contributed by atoms with Crippen molar-refractivity contribution in [1.29, 1.82) is 0 Å². The van der Waals surface area contributed by atoms with Crippen LogP contribution in [0.5, 0.6) is 0 Å². The lowest BCUT2D eigenvalue weighted by Crippen LogP contribution is -2.28. The summed E-state index contributed by atoms with van der Waals surface area (Å²) in [6.07, 6.45) is 3.14. The fourth-order valence-electron chi connectivity index (χ4n) is 1.85. The van der Waals surface area contributed by atoms with Crippen LogP contribution in [0.25, 0.3) is 0 Å². The van der Waals surface area contributed by atoms with Gasteiger partial charge in [0.25, 0.3) is 0 Å². The monoisotopic (exact) mass is 227 g/mol. The van der Waals surface area contributed by atoms with Crippen molar-refractivity contribution < 1.29 is 14.7 Å². The fraction of sp³-hybridized carbons (Fsp3) is 0.833. The largest absolute Gasteiger partial charge is 0.481 e. The number of unbranched alkanes of at least 4 members (excludes halogenated alkanes) is 1. The van der Waals surface area contributed by atoms with Crippen molar-refractivity contribution in [2.24, 2.45) is 11.8 Å². The first-order valence-electron chi connectivity index (χ1n) is 5.96. The van der Waals surface area contributed by atoms with E-state index in [1.807, 2.05) is 7.05 Å². The predicted octanol–water partition coefficient (Wildman–Crippen LogP) is 1.75. The lowest BCUT2D eigenvalue weighted by atomic mass is 10.2. The summed E-state index contributed by atoms with van der Waals surface area (Å²) in [5.74, 6) is 0.812. The van der Waals surface area contributed by atoms with Gasteiger partial charge in [-0.25, -0.2) is 0 Å². The first-order chi connectivity index (χ1) is 7.50. The molecular formula is C12H21NO3. The SMILES string of the molecule is CC1CC1CN(C)C(=O)CCCCC(=O)O. The van der Waals surface area contributed by atoms with Gasteiger partial charge in [0.15, 0.2) is 0 Å². The highest BCUT2D eigenvalue weighted by Crippen LogP contribution is 2.37. The van der Waals surface area contributed by atoms with Gasteiger partial charge in [-0.15, -0.1) is 0 Å². The van der Waals surface area contributed by atoms with Crippen LogP contribution >= 0.6 is 0 Å². The maximum absolute atomic E-state index is 11.6. The summed E-state index contributed by atoms with van der Waals surface area (Å²) in [4.78, 5) is 23.7. The van der Waals surface area contributed by atoms with Crippen LogP contribution in [-0.2, 0) is 9.59 Å². The lowest BCUT2D eigenvalue weighted by molar-refractivity contribution is -0.137. The van der Waals surface area contributed by atoms with E-state index in [-0.39, 0.29) is 12.3 Å². The van der Waals surface area contributed by atoms with E-state index in [1.165, 1.54) is 6.42 Å². The lowest BCUT2D eigenvalue weighted by Gasteiger charge is -2.16. The summed E-state index contributed by atoms with van der Waals surface area (Å²) >= 11 is 0. The Kier molecular flexibility index (Phi) is 4.77. The number of carboxylic acids is 1. The number of aliphatic carboxylic acids is 1. The maximum atomic E-state index is 11.6. The molecule has 92 valence electrons. The normalized spacial score (nSPS) is 22.9. The molecule has 0 aliphatic heterocycles. The highest BCUT2D eigenvalue weighted by Gasteiger charge is 2.33. The number of amides is 1. The topological polar surface area (TPSA) is 57.6 Å². The molecule has 1 amide bonds. The molecule has 1 saturated carbocycles. The van der Waals surface area contributed by atoms with E-state index < -0.39 is 5.97 Å². The number of hydrogen-bond donors (Lipinski definition) is 1. The van der Waals surface area contributed by atoms with E-state index in [0.29, 0.717) is 25.2 Å². The van der Waals surface area contributed by atoms with Crippen LogP contribution in [0.15, 0.2) is 0 Å². The van der Waals surface area contributed by atoms with Crippen molar-refractivity contribution >= 4 is 11.9 Å². The van der Waals surface area contributed by atoms with Crippen molar-refractivity contribution in [1.82, 2.24) is 4.90 Å². The molecular weight excluding hydrogens is 206 g/mol. The van der Waals surface area contributed by atoms with Crippen molar-refractivity contribution in [2.75, 3.05) is 13.6 Å². The highest BCUT2D eigenvalue weighted by atomic mass is 16.4. The van der Waals surface area contributed by atoms with Crippen LogP contribution in [0.1, 0.15) is 39.0 Å². The smallest absolute Gasteiger partial charge is 0.303 e. The zero-order valence-electron chi connectivity index (χ0n) is 10.1. The number of carbonyl (C=O) groups excluding carboxylic acids is 1. The summed E-state index contributed by atoms with van der Waals surface area (Å²) in [5, 5.41) is 8.45. The molecule has 0 aromatic heterocycles. The molecule has 0 radical (unpaired) electrons. The molecule has 4 nitrogen and oxygen atoms in total. The predicted molar refractivity (Wildman–Crippen MR) is 61.0 cm³/mol. The summed E-state index contributed by atoms with van der Waals surface area (Å²) in [6.45, 7) is 3.06. The molecule has 0 bridgehead atoms. The van der Waals surface area contributed by atoms with Gasteiger partial charge in [-0.1, -0.05) is 6.92 Å². The molecule has 0 aromatic carbocycles. The Morgan fingerprint density at radius 1 is 1.31 bits per heavy atom. The number of carbonyl (C=O) groups is 2. The van der Waals surface area contributed by atoms with Crippen LogP contribution in [0, 0.1) is 11.8 Å². The second-order valence-corrected chi connectivity index (χ2v) is 4.85. The second-order valence-electron chi connectivity index (χ2n) is 4.85. The first kappa shape index (κ1) is 13.0. The van der Waals surface area contributed by atoms with Crippen molar-refractivity contribution in [3.05, 3.63) is 0 Å². The molecule has 16 heavy (non-hydrogen) atoms. The van der Waals surface area contributed by atoms with Gasteiger partial charge in [-0.05, 0) is 31.1 Å². The molecule has 1 fully saturated rings. The molecule has 0 aromatic rings. The van der Waals surface area contributed by atoms with Crippen LogP contribution < -0.4 is 0 Å². The Hall–Kier alpha value is -1.06. The van der Waals surface area contributed by atoms with Crippen molar-refractivity contribution in [2.45, 2.75) is 39.0 Å². The van der Waals surface area contributed by atoms with E-state index in [2.05, 4.69) is 6.92 Å². The van der Waals surface area contributed by atoms with Crippen molar-refractivity contribution in [3.63, 3.8) is 0 Å². The molecule has 4 heteroatoms. The Bertz CT molecular complexity index is 265. The van der Waals surface area contributed by atoms with Crippen LogP contribution in [0.3, 0.4) is 0 Å². The molecule has 0 spiro atoms. The number of carboxylic acid groups (broad SMARTS) is 1. The standard InChI is InChI=1S/C12H21NO3/c1-9-7-10(9)8-13(2)11(14)5-3-4-6-12(15)16/h9-10H,3-8H2,1-2H3,(H,15,16). The van der Waals surface area contributed by atoms with Gasteiger partial charge < -0.3 is 10.0 Å². The minimum absolute atomic E-state index is 0.143. The highest BCUT2D eigenvalue weighted by molar-refractivity contribution is 5.76. The fourth-order valence-corrected chi connectivity index (χ4v) is 1.85. The molecule has 0 heterocycles. The zero-order chi connectivity index (χ0) is 12.1. The van der Waals surface area contributed by atoms with Gasteiger partial charge in [0.05, 0.1) is 0 Å². The molecule has 1 aliphatic rings. The Morgan fingerprint density at radius 2 is 1.88 bits per heavy atom. The van der Waals surface area contributed by atoms with Crippen LogP contribution in [0.4, 0.5) is 0 Å². The molecule has 2 atom stereocenters. The molecule has 0 saturated heterocycles. The van der Waals surface area contributed by atoms with Gasteiger partial charge >= 0.3 is 5.97 Å². The van der Waals surface area contributed by atoms with E-state index in [4.69, 9.17) is 5.11 Å². The van der Waals surface area contributed by atoms with E-state index in [9.17, 15) is 9.59 Å². The quantitative estimate of drug-likeness (QED) is 0.674. The molecule has 2 unspecified atom stereocenters. The van der Waals surface area contributed by atoms with E-state index >= 15 is 0 Å². The third-order valence-electron chi connectivity index (χ3n) is 3.24. The first-order valence-corrected chi connectivity index (χ1v) is 5.96. The van der Waals surface area contributed by atoms with E-state index in [0.717, 1.165) is 12.5 Å². The zero-order valence-corrected chi connectivity index (χ0v) is 10.1. The Morgan fingerprint density at radius 3 is 2.38 bits per heavy atom. The average Bonchev–Trinajstić information content (AvgIpc) is 2.88. The summed E-state index contributed by atoms with van der Waals surface area (Å²) in [7, 11) is 1.84. The average molecular weight is 227 g/mol. The number of rotatable bonds is 7. The maximum Gasteiger partial charge on any atom is 0.303 e. The Balaban J connectivity index is 2.06. The molecule has 1 N–H and O–H groups in total. The van der Waals surface area contributed by atoms with Crippen molar-refractivity contribution in [3.8, 4) is 0 Å². The van der Waals surface area contributed by atoms with Crippen LogP contribution in [-0.4, -0.2) is 35.5 Å². The summed E-state index contributed by atoms with van der Waals surface area (Å²) in [6, 6.07) is 0. The Labute approximate surface area is 96.6 Å². The van der Waals surface area contributed by atoms with E-state index in [1.54, 1.807) is 4.90 Å². The summed E-state index contributed by atoms with van der Waals surface area (Å²) < 4.78 is 0. The molecule has 1 rings (SSSR count). The van der Waals surface area contributed by atoms with Gasteiger partial charge in [0, 0.05) is 26.4 Å². The minimum Gasteiger partial charge on any atom is -0.481 e. The summed E-state index contributed by atoms with van der Waals surface area (Å²) in [5.41, 5.74) is 0. The molecule has 1 aliphatic carbocycles. The van der Waals surface area contributed by atoms with Gasteiger partial charge in [-0.3, -0.25) is 9.59 Å². The number of nitrogens with zero attached hydrogens (tertiary/aromatic N) is 1. The van der Waals surface area contributed by atoms with Gasteiger partial charge in [-0.2, -0.15) is 0 Å². The second kappa shape index (κ2) is 5.87. The minimum atomic E-state index is -0.785. The third kappa shape index (κ3) is 4.64. The number of hydrogen-bond acceptors (Lipinski definition) is 2. The van der Waals surface area contributed by atoms with Crippen LogP contribution in [0.2, 0.25) is 0 Å². The van der Waals surface area contributed by atoms with Gasteiger partial charge in [0.1, 0.15) is 0 Å². The van der Waals surface area contributed by atoms with Gasteiger partial charge in [0.2, 0.25) is 5.91 Å².